The number of hydrogen-bond donors (Lipinski definition) is 1. The molecule has 3 fully saturated rings. The molecule has 110 valence electrons. The van der Waals surface area contributed by atoms with Crippen LogP contribution in [0.2, 0.25) is 0 Å². The highest BCUT2D eigenvalue weighted by Gasteiger charge is 2.45. The molecule has 5 heteroatoms. The first-order valence-corrected chi connectivity index (χ1v) is 7.92. The number of hydrogen-bond acceptors (Lipinski definition) is 5. The number of rotatable bonds is 2. The van der Waals surface area contributed by atoms with Gasteiger partial charge >= 0.3 is 0 Å². The number of aromatic nitrogens is 2. The van der Waals surface area contributed by atoms with Crippen molar-refractivity contribution in [3.63, 3.8) is 0 Å². The Hall–Kier alpha value is -0.940. The van der Waals surface area contributed by atoms with E-state index in [2.05, 4.69) is 17.1 Å². The van der Waals surface area contributed by atoms with Crippen molar-refractivity contribution in [1.82, 2.24) is 10.1 Å². The fourth-order valence-corrected chi connectivity index (χ4v) is 3.99. The Labute approximate surface area is 119 Å². The molecule has 3 unspecified atom stereocenters. The maximum Gasteiger partial charge on any atom is 0.246 e. The van der Waals surface area contributed by atoms with Crippen molar-refractivity contribution < 1.29 is 9.26 Å². The van der Waals surface area contributed by atoms with Gasteiger partial charge in [0.05, 0.1) is 23.7 Å². The summed E-state index contributed by atoms with van der Waals surface area (Å²) < 4.78 is 11.4. The summed E-state index contributed by atoms with van der Waals surface area (Å²) in [5.41, 5.74) is 6.10. The molecule has 5 nitrogen and oxygen atoms in total. The second-order valence-electron chi connectivity index (χ2n) is 7.01. The molecule has 2 saturated heterocycles. The topological polar surface area (TPSA) is 74.2 Å². The van der Waals surface area contributed by atoms with E-state index in [4.69, 9.17) is 15.0 Å². The van der Waals surface area contributed by atoms with Crippen LogP contribution in [0, 0.1) is 5.92 Å². The first kappa shape index (κ1) is 12.8. The lowest BCUT2D eigenvalue weighted by Gasteiger charge is -2.32. The summed E-state index contributed by atoms with van der Waals surface area (Å²) in [5.74, 6) is 2.53. The number of ether oxygens (including phenoxy) is 1. The summed E-state index contributed by atoms with van der Waals surface area (Å²) in [6, 6.07) is 0. The molecule has 3 atom stereocenters. The molecule has 2 N–H and O–H groups in total. The van der Waals surface area contributed by atoms with Crippen LogP contribution < -0.4 is 5.73 Å². The van der Waals surface area contributed by atoms with E-state index < -0.39 is 5.54 Å². The van der Waals surface area contributed by atoms with Gasteiger partial charge in [0.15, 0.2) is 5.82 Å². The fourth-order valence-electron chi connectivity index (χ4n) is 3.99. The van der Waals surface area contributed by atoms with Crippen LogP contribution in [-0.2, 0) is 10.3 Å². The van der Waals surface area contributed by atoms with E-state index in [1.54, 1.807) is 0 Å². The zero-order chi connectivity index (χ0) is 13.7. The van der Waals surface area contributed by atoms with Gasteiger partial charge in [0, 0.05) is 0 Å². The molecule has 0 aromatic carbocycles. The standard InChI is InChI=1S/C15H23N3O2/c1-9-4-6-15(16,7-5-9)14-17-13(18-20-14)11-8-10-2-3-12(11)19-10/h9-12H,2-8,16H2,1H3. The Balaban J connectivity index is 1.53. The van der Waals surface area contributed by atoms with E-state index in [9.17, 15) is 0 Å². The van der Waals surface area contributed by atoms with Gasteiger partial charge in [0.1, 0.15) is 0 Å². The van der Waals surface area contributed by atoms with Crippen molar-refractivity contribution in [3.8, 4) is 0 Å². The highest BCUT2D eigenvalue weighted by atomic mass is 16.5. The second kappa shape index (κ2) is 4.53. The van der Waals surface area contributed by atoms with Gasteiger partial charge in [0.2, 0.25) is 5.89 Å². The molecule has 3 aliphatic rings. The molecule has 20 heavy (non-hydrogen) atoms. The van der Waals surface area contributed by atoms with E-state index in [0.29, 0.717) is 24.0 Å². The van der Waals surface area contributed by atoms with E-state index >= 15 is 0 Å². The molecule has 0 amide bonds. The number of fused-ring (bicyclic) bond motifs is 2. The SMILES string of the molecule is CC1CCC(N)(c2nc(C3CC4CCC3O4)no2)CC1. The van der Waals surface area contributed by atoms with Crippen molar-refractivity contribution in [2.75, 3.05) is 0 Å². The van der Waals surface area contributed by atoms with Gasteiger partial charge in [-0.3, -0.25) is 0 Å². The average Bonchev–Trinajstić information content (AvgIpc) is 3.17. The van der Waals surface area contributed by atoms with E-state index in [0.717, 1.165) is 50.3 Å². The van der Waals surface area contributed by atoms with Gasteiger partial charge in [-0.25, -0.2) is 0 Å². The van der Waals surface area contributed by atoms with Crippen LogP contribution >= 0.6 is 0 Å². The molecule has 4 rings (SSSR count). The Morgan fingerprint density at radius 2 is 2.00 bits per heavy atom. The minimum Gasteiger partial charge on any atom is -0.374 e. The van der Waals surface area contributed by atoms with Gasteiger partial charge in [-0.2, -0.15) is 4.98 Å². The van der Waals surface area contributed by atoms with E-state index in [1.807, 2.05) is 0 Å². The minimum absolute atomic E-state index is 0.297. The van der Waals surface area contributed by atoms with Crippen LogP contribution in [0.25, 0.3) is 0 Å². The Morgan fingerprint density at radius 3 is 2.65 bits per heavy atom. The maximum absolute atomic E-state index is 6.50. The smallest absolute Gasteiger partial charge is 0.246 e. The molecule has 0 spiro atoms. The predicted molar refractivity (Wildman–Crippen MR) is 73.0 cm³/mol. The third-order valence-corrected chi connectivity index (χ3v) is 5.47. The lowest BCUT2D eigenvalue weighted by atomic mass is 9.77. The normalized spacial score (nSPS) is 44.1. The first-order chi connectivity index (χ1) is 9.64. The zero-order valence-corrected chi connectivity index (χ0v) is 12.0. The molecular weight excluding hydrogens is 254 g/mol. The largest absolute Gasteiger partial charge is 0.374 e. The summed E-state index contributed by atoms with van der Waals surface area (Å²) in [6.07, 6.45) is 8.25. The van der Waals surface area contributed by atoms with Crippen LogP contribution in [-0.4, -0.2) is 22.3 Å². The summed E-state index contributed by atoms with van der Waals surface area (Å²) in [4.78, 5) is 4.65. The quantitative estimate of drug-likeness (QED) is 0.898. The Morgan fingerprint density at radius 1 is 1.20 bits per heavy atom. The number of nitrogens with two attached hydrogens (primary N) is 1. The summed E-state index contributed by atoms with van der Waals surface area (Å²) >= 11 is 0. The van der Waals surface area contributed by atoms with Gasteiger partial charge in [-0.15, -0.1) is 0 Å². The van der Waals surface area contributed by atoms with Gasteiger partial charge < -0.3 is 15.0 Å². The third kappa shape index (κ3) is 1.99. The minimum atomic E-state index is -0.407. The summed E-state index contributed by atoms with van der Waals surface area (Å²) in [5, 5.41) is 4.21. The highest BCUT2D eigenvalue weighted by molar-refractivity contribution is 5.10. The van der Waals surface area contributed by atoms with Gasteiger partial charge in [0.25, 0.3) is 0 Å². The van der Waals surface area contributed by atoms with Crippen molar-refractivity contribution in [1.29, 1.82) is 0 Å². The average molecular weight is 277 g/mol. The molecule has 2 bridgehead atoms. The van der Waals surface area contributed by atoms with Crippen LogP contribution in [0.1, 0.15) is 69.5 Å². The van der Waals surface area contributed by atoms with Crippen LogP contribution in [0.4, 0.5) is 0 Å². The van der Waals surface area contributed by atoms with Gasteiger partial charge in [-0.05, 0) is 50.9 Å². The van der Waals surface area contributed by atoms with Crippen molar-refractivity contribution in [3.05, 3.63) is 11.7 Å². The fraction of sp³-hybridized carbons (Fsp3) is 0.867. The van der Waals surface area contributed by atoms with Crippen molar-refractivity contribution in [2.24, 2.45) is 11.7 Å². The molecule has 2 aliphatic heterocycles. The molecule has 0 radical (unpaired) electrons. The lowest BCUT2D eigenvalue weighted by molar-refractivity contribution is 0.0996. The van der Waals surface area contributed by atoms with Crippen LogP contribution in [0.15, 0.2) is 4.52 Å². The molecule has 1 aromatic heterocycles. The number of nitrogens with zero attached hydrogens (tertiary/aromatic N) is 2. The molecule has 1 saturated carbocycles. The lowest BCUT2D eigenvalue weighted by Crippen LogP contribution is -2.40. The predicted octanol–water partition coefficient (Wildman–Crippen LogP) is 2.47. The first-order valence-electron chi connectivity index (χ1n) is 7.92. The molecule has 3 heterocycles. The van der Waals surface area contributed by atoms with Gasteiger partial charge in [-0.1, -0.05) is 12.1 Å². The molecular formula is C15H23N3O2. The molecule has 1 aromatic rings. The Bertz CT molecular complexity index is 493. The van der Waals surface area contributed by atoms with Crippen LogP contribution in [0.3, 0.4) is 0 Å². The monoisotopic (exact) mass is 277 g/mol. The van der Waals surface area contributed by atoms with E-state index in [-0.39, 0.29) is 0 Å². The summed E-state index contributed by atoms with van der Waals surface area (Å²) in [6.45, 7) is 2.28. The van der Waals surface area contributed by atoms with E-state index in [1.165, 1.54) is 6.42 Å². The van der Waals surface area contributed by atoms with Crippen molar-refractivity contribution in [2.45, 2.75) is 75.5 Å². The zero-order valence-electron chi connectivity index (χ0n) is 12.0. The maximum atomic E-state index is 6.50. The van der Waals surface area contributed by atoms with Crippen molar-refractivity contribution >= 4 is 0 Å². The van der Waals surface area contributed by atoms with Crippen LogP contribution in [0.5, 0.6) is 0 Å². The Kier molecular flexibility index (Phi) is 2.89. The third-order valence-electron chi connectivity index (χ3n) is 5.47. The molecule has 1 aliphatic carbocycles. The second-order valence-corrected chi connectivity index (χ2v) is 7.01. The highest BCUT2D eigenvalue weighted by Crippen LogP contribution is 2.44. The summed E-state index contributed by atoms with van der Waals surface area (Å²) in [7, 11) is 0.